The van der Waals surface area contributed by atoms with Crippen molar-refractivity contribution in [3.8, 4) is 0 Å². The van der Waals surface area contributed by atoms with Crippen molar-refractivity contribution in [2.45, 2.75) is 12.5 Å². The van der Waals surface area contributed by atoms with E-state index >= 15 is 0 Å². The van der Waals surface area contributed by atoms with Gasteiger partial charge in [-0.25, -0.2) is 4.39 Å². The van der Waals surface area contributed by atoms with Crippen LogP contribution in [0, 0.1) is 5.82 Å². The van der Waals surface area contributed by atoms with Gasteiger partial charge in [0.25, 0.3) is 5.91 Å². The molecule has 0 unspecified atom stereocenters. The van der Waals surface area contributed by atoms with Crippen molar-refractivity contribution in [2.24, 2.45) is 0 Å². The molecule has 5 nitrogen and oxygen atoms in total. The van der Waals surface area contributed by atoms with Crippen LogP contribution in [0.3, 0.4) is 0 Å². The van der Waals surface area contributed by atoms with Gasteiger partial charge in [0.15, 0.2) is 5.76 Å². The summed E-state index contributed by atoms with van der Waals surface area (Å²) in [5.74, 6) is -2.25. The quantitative estimate of drug-likeness (QED) is 0.884. The van der Waals surface area contributed by atoms with Gasteiger partial charge in [-0.2, -0.15) is 0 Å². The fourth-order valence-corrected chi connectivity index (χ4v) is 1.75. The molecule has 1 N–H and O–H groups in total. The van der Waals surface area contributed by atoms with E-state index in [0.717, 1.165) is 0 Å². The van der Waals surface area contributed by atoms with Crippen molar-refractivity contribution < 1.29 is 23.5 Å². The number of nitrogens with one attached hydrogen (secondary N) is 1. The number of amides is 1. The zero-order valence-electron chi connectivity index (χ0n) is 10.3. The van der Waals surface area contributed by atoms with Crippen LogP contribution in [0.15, 0.2) is 47.1 Å². The molecule has 6 heteroatoms. The van der Waals surface area contributed by atoms with Crippen LogP contribution in [-0.2, 0) is 4.79 Å². The SMILES string of the molecule is O=C([O-])C[C@@H](NC(=O)c1ccco1)c1ccc(F)cc1. The van der Waals surface area contributed by atoms with E-state index in [2.05, 4.69) is 5.32 Å². The molecule has 2 rings (SSSR count). The molecule has 0 bridgehead atoms. The van der Waals surface area contributed by atoms with E-state index in [4.69, 9.17) is 4.42 Å². The molecule has 20 heavy (non-hydrogen) atoms. The third-order valence-electron chi connectivity index (χ3n) is 2.69. The van der Waals surface area contributed by atoms with Gasteiger partial charge in [-0.05, 0) is 29.8 Å². The lowest BCUT2D eigenvalue weighted by Gasteiger charge is -2.19. The molecule has 0 radical (unpaired) electrons. The number of rotatable bonds is 5. The minimum Gasteiger partial charge on any atom is -0.550 e. The molecule has 0 saturated carbocycles. The third-order valence-corrected chi connectivity index (χ3v) is 2.69. The number of aliphatic carboxylic acids is 1. The molecular weight excluding hydrogens is 265 g/mol. The predicted octanol–water partition coefficient (Wildman–Crippen LogP) is 1.03. The first-order valence-electron chi connectivity index (χ1n) is 5.86. The second-order valence-corrected chi connectivity index (χ2v) is 4.13. The van der Waals surface area contributed by atoms with Gasteiger partial charge in [0.1, 0.15) is 5.82 Å². The van der Waals surface area contributed by atoms with E-state index in [1.54, 1.807) is 6.07 Å². The van der Waals surface area contributed by atoms with Gasteiger partial charge in [-0.3, -0.25) is 4.79 Å². The first kappa shape index (κ1) is 13.8. The van der Waals surface area contributed by atoms with Crippen molar-refractivity contribution in [1.29, 1.82) is 0 Å². The van der Waals surface area contributed by atoms with Crippen LogP contribution < -0.4 is 10.4 Å². The number of halogens is 1. The highest BCUT2D eigenvalue weighted by molar-refractivity contribution is 5.91. The van der Waals surface area contributed by atoms with Crippen LogP contribution in [-0.4, -0.2) is 11.9 Å². The van der Waals surface area contributed by atoms with Gasteiger partial charge in [0, 0.05) is 12.4 Å². The monoisotopic (exact) mass is 276 g/mol. The summed E-state index contributed by atoms with van der Waals surface area (Å²) in [7, 11) is 0. The van der Waals surface area contributed by atoms with Gasteiger partial charge in [0.2, 0.25) is 0 Å². The minimum atomic E-state index is -1.32. The summed E-state index contributed by atoms with van der Waals surface area (Å²) in [6, 6.07) is 7.37. The van der Waals surface area contributed by atoms with Crippen LogP contribution in [0.2, 0.25) is 0 Å². The number of furan rings is 1. The Morgan fingerprint density at radius 2 is 1.95 bits per heavy atom. The molecule has 0 spiro atoms. The second kappa shape index (κ2) is 6.01. The summed E-state index contributed by atoms with van der Waals surface area (Å²) in [6.45, 7) is 0. The Morgan fingerprint density at radius 3 is 2.50 bits per heavy atom. The van der Waals surface area contributed by atoms with Crippen LogP contribution in [0.25, 0.3) is 0 Å². The summed E-state index contributed by atoms with van der Waals surface area (Å²) in [5.41, 5.74) is 0.468. The number of benzene rings is 1. The first-order chi connectivity index (χ1) is 9.56. The molecule has 2 aromatic rings. The van der Waals surface area contributed by atoms with Crippen molar-refractivity contribution in [3.05, 3.63) is 59.8 Å². The average molecular weight is 276 g/mol. The Bertz CT molecular complexity index is 592. The molecule has 1 aromatic carbocycles. The van der Waals surface area contributed by atoms with E-state index in [9.17, 15) is 19.1 Å². The summed E-state index contributed by atoms with van der Waals surface area (Å²) in [5, 5.41) is 13.3. The van der Waals surface area contributed by atoms with E-state index < -0.39 is 30.2 Å². The standard InChI is InChI=1S/C14H12FNO4/c15-10-5-3-9(4-6-10)11(8-13(17)18)16-14(19)12-2-1-7-20-12/h1-7,11H,8H2,(H,16,19)(H,17,18)/p-1/t11-/m1/s1. The molecule has 1 amide bonds. The van der Waals surface area contributed by atoms with Gasteiger partial charge in [0.05, 0.1) is 12.3 Å². The molecule has 104 valence electrons. The molecular formula is C14H11FNO4-. The highest BCUT2D eigenvalue weighted by Crippen LogP contribution is 2.18. The molecule has 0 aliphatic rings. The lowest BCUT2D eigenvalue weighted by Crippen LogP contribution is -2.34. The number of carboxylic acids is 1. The smallest absolute Gasteiger partial charge is 0.287 e. The van der Waals surface area contributed by atoms with Crippen LogP contribution in [0.5, 0.6) is 0 Å². The molecule has 1 atom stereocenters. The number of carboxylic acid groups (broad SMARTS) is 1. The molecule has 0 saturated heterocycles. The summed E-state index contributed by atoms with van der Waals surface area (Å²) < 4.78 is 17.8. The van der Waals surface area contributed by atoms with Crippen LogP contribution in [0.1, 0.15) is 28.6 Å². The Labute approximate surface area is 114 Å². The normalized spacial score (nSPS) is 11.8. The van der Waals surface area contributed by atoms with Crippen molar-refractivity contribution in [1.82, 2.24) is 5.32 Å². The fourth-order valence-electron chi connectivity index (χ4n) is 1.75. The molecule has 1 heterocycles. The van der Waals surface area contributed by atoms with E-state index in [-0.39, 0.29) is 5.76 Å². The average Bonchev–Trinajstić information content (AvgIpc) is 2.92. The maximum Gasteiger partial charge on any atom is 0.287 e. The van der Waals surface area contributed by atoms with Crippen molar-refractivity contribution in [3.63, 3.8) is 0 Å². The minimum absolute atomic E-state index is 0.0652. The van der Waals surface area contributed by atoms with E-state index in [1.807, 2.05) is 0 Å². The first-order valence-corrected chi connectivity index (χ1v) is 5.86. The highest BCUT2D eigenvalue weighted by Gasteiger charge is 2.17. The molecule has 0 aliphatic heterocycles. The zero-order valence-corrected chi connectivity index (χ0v) is 10.3. The lowest BCUT2D eigenvalue weighted by atomic mass is 10.0. The number of hydrogen-bond donors (Lipinski definition) is 1. The Hall–Kier alpha value is -2.63. The maximum atomic E-state index is 12.9. The van der Waals surface area contributed by atoms with Crippen molar-refractivity contribution in [2.75, 3.05) is 0 Å². The molecule has 0 fully saturated rings. The molecule has 1 aromatic heterocycles. The summed E-state index contributed by atoms with van der Waals surface area (Å²) in [4.78, 5) is 22.6. The second-order valence-electron chi connectivity index (χ2n) is 4.13. The summed E-state index contributed by atoms with van der Waals surface area (Å²) in [6.07, 6.45) is 0.915. The van der Waals surface area contributed by atoms with Crippen molar-refractivity contribution >= 4 is 11.9 Å². The topological polar surface area (TPSA) is 82.4 Å². The Morgan fingerprint density at radius 1 is 1.25 bits per heavy atom. The fraction of sp³-hybridized carbons (Fsp3) is 0.143. The van der Waals surface area contributed by atoms with Gasteiger partial charge in [-0.15, -0.1) is 0 Å². The lowest BCUT2D eigenvalue weighted by molar-refractivity contribution is -0.306. The number of hydrogen-bond acceptors (Lipinski definition) is 4. The largest absolute Gasteiger partial charge is 0.550 e. The highest BCUT2D eigenvalue weighted by atomic mass is 19.1. The zero-order chi connectivity index (χ0) is 14.5. The van der Waals surface area contributed by atoms with Crippen LogP contribution >= 0.6 is 0 Å². The van der Waals surface area contributed by atoms with Gasteiger partial charge in [-0.1, -0.05) is 12.1 Å². The van der Waals surface area contributed by atoms with Crippen LogP contribution in [0.4, 0.5) is 4.39 Å². The molecule has 0 aliphatic carbocycles. The third kappa shape index (κ3) is 3.44. The Kier molecular flexibility index (Phi) is 4.14. The Balaban J connectivity index is 2.17. The van der Waals surface area contributed by atoms with Gasteiger partial charge >= 0.3 is 0 Å². The maximum absolute atomic E-state index is 12.9. The van der Waals surface area contributed by atoms with Gasteiger partial charge < -0.3 is 19.6 Å². The van der Waals surface area contributed by atoms with E-state index in [1.165, 1.54) is 36.6 Å². The van der Waals surface area contributed by atoms with E-state index in [0.29, 0.717) is 5.56 Å². The number of carbonyl (C=O) groups is 2. The summed E-state index contributed by atoms with van der Waals surface area (Å²) >= 11 is 0. The predicted molar refractivity (Wildman–Crippen MR) is 64.9 cm³/mol. The number of carbonyl (C=O) groups excluding carboxylic acids is 2.